The van der Waals surface area contributed by atoms with Crippen LogP contribution in [0.4, 0.5) is 0 Å². The average molecular weight is 370 g/mol. The lowest BCUT2D eigenvalue weighted by molar-refractivity contribution is 1.18. The topological polar surface area (TPSA) is 65.4 Å². The second-order valence-corrected chi connectivity index (χ2v) is 6.77. The molecule has 0 aliphatic heterocycles. The summed E-state index contributed by atoms with van der Waals surface area (Å²) in [7, 11) is 0. The van der Waals surface area contributed by atoms with E-state index < -0.39 is 0 Å². The van der Waals surface area contributed by atoms with Crippen molar-refractivity contribution >= 4 is 21.8 Å². The second-order valence-electron chi connectivity index (χ2n) is 6.77. The van der Waals surface area contributed by atoms with E-state index in [4.69, 9.17) is 0 Å². The third kappa shape index (κ3) is 2.72. The summed E-state index contributed by atoms with van der Waals surface area (Å²) < 4.78 is 2.23. The Morgan fingerprint density at radius 3 is 2.03 bits per heavy atom. The van der Waals surface area contributed by atoms with Gasteiger partial charge >= 0.3 is 0 Å². The van der Waals surface area contributed by atoms with Crippen LogP contribution in [0, 0.1) is 22.7 Å². The maximum absolute atomic E-state index is 9.28. The summed E-state index contributed by atoms with van der Waals surface area (Å²) in [6.07, 6.45) is 0. The molecule has 4 nitrogen and oxygen atoms in total. The highest BCUT2D eigenvalue weighted by Crippen LogP contribution is 2.32. The number of rotatable bonds is 2. The molecule has 0 bridgehead atoms. The fraction of sp³-hybridized carbons (Fsp3) is 0. The van der Waals surface area contributed by atoms with Crippen LogP contribution < -0.4 is 0 Å². The molecule has 0 aliphatic rings. The summed E-state index contributed by atoms with van der Waals surface area (Å²) >= 11 is 0. The van der Waals surface area contributed by atoms with Crippen molar-refractivity contribution in [2.24, 2.45) is 0 Å². The van der Waals surface area contributed by atoms with Crippen LogP contribution in [0.5, 0.6) is 0 Å². The summed E-state index contributed by atoms with van der Waals surface area (Å²) in [5.41, 5.74) is 5.39. The van der Waals surface area contributed by atoms with Crippen LogP contribution in [-0.4, -0.2) is 9.55 Å². The fourth-order valence-electron chi connectivity index (χ4n) is 3.81. The van der Waals surface area contributed by atoms with Crippen LogP contribution in [0.1, 0.15) is 11.3 Å². The lowest BCUT2D eigenvalue weighted by Gasteiger charge is -2.10. The van der Waals surface area contributed by atoms with Crippen molar-refractivity contribution in [3.63, 3.8) is 0 Å². The highest BCUT2D eigenvalue weighted by Gasteiger charge is 2.12. The smallest absolute Gasteiger partial charge is 0.142 e. The molecule has 0 unspecified atom stereocenters. The van der Waals surface area contributed by atoms with Crippen molar-refractivity contribution in [2.75, 3.05) is 0 Å². The van der Waals surface area contributed by atoms with Crippen LogP contribution in [0.3, 0.4) is 0 Å². The predicted molar refractivity (Wildman–Crippen MR) is 113 cm³/mol. The van der Waals surface area contributed by atoms with Gasteiger partial charge < -0.3 is 4.57 Å². The lowest BCUT2D eigenvalue weighted by atomic mass is 10.1. The first-order valence-electron chi connectivity index (χ1n) is 9.20. The Hall–Kier alpha value is -4.41. The van der Waals surface area contributed by atoms with Gasteiger partial charge in [-0.15, -0.1) is 0 Å². The van der Waals surface area contributed by atoms with Gasteiger partial charge in [-0.25, -0.2) is 4.98 Å². The predicted octanol–water partition coefficient (Wildman–Crippen LogP) is 5.59. The van der Waals surface area contributed by atoms with Crippen molar-refractivity contribution in [3.05, 3.63) is 96.2 Å². The molecule has 0 saturated heterocycles. The third-order valence-corrected chi connectivity index (χ3v) is 5.05. The number of hydrogen-bond acceptors (Lipinski definition) is 3. The molecular formula is C25H14N4. The Morgan fingerprint density at radius 2 is 1.38 bits per heavy atom. The highest BCUT2D eigenvalue weighted by molar-refractivity contribution is 6.09. The quantitative estimate of drug-likeness (QED) is 0.407. The minimum absolute atomic E-state index is 0.237. The van der Waals surface area contributed by atoms with Crippen LogP contribution in [-0.2, 0) is 0 Å². The van der Waals surface area contributed by atoms with Crippen molar-refractivity contribution < 1.29 is 0 Å². The zero-order chi connectivity index (χ0) is 19.8. The molecule has 5 rings (SSSR count). The highest BCUT2D eigenvalue weighted by atomic mass is 15.0. The lowest BCUT2D eigenvalue weighted by Crippen LogP contribution is -1.95. The molecule has 0 aliphatic carbocycles. The van der Waals surface area contributed by atoms with E-state index in [2.05, 4.69) is 58.1 Å². The number of aromatic nitrogens is 2. The largest absolute Gasteiger partial charge is 0.309 e. The first-order chi connectivity index (χ1) is 14.3. The standard InChI is InChI=1S/C25H14N4/c26-15-17-12-19(16-27)28-23(13-17)18-6-5-7-20(14-18)29-24-10-3-1-8-21(24)22-9-2-4-11-25(22)29/h1-14H. The molecule has 134 valence electrons. The number of hydrogen-bond donors (Lipinski definition) is 0. The molecule has 2 aromatic heterocycles. The molecule has 0 spiro atoms. The molecule has 29 heavy (non-hydrogen) atoms. The molecule has 2 heterocycles. The Labute approximate surface area is 167 Å². The van der Waals surface area contributed by atoms with E-state index in [1.54, 1.807) is 6.07 Å². The van der Waals surface area contributed by atoms with Gasteiger partial charge in [-0.2, -0.15) is 10.5 Å². The van der Waals surface area contributed by atoms with Gasteiger partial charge in [0, 0.05) is 22.0 Å². The van der Waals surface area contributed by atoms with Crippen molar-refractivity contribution in [3.8, 4) is 29.1 Å². The van der Waals surface area contributed by atoms with E-state index in [0.29, 0.717) is 11.3 Å². The Bertz CT molecular complexity index is 1390. The Kier molecular flexibility index (Phi) is 3.83. The molecule has 0 saturated carbocycles. The van der Waals surface area contributed by atoms with Gasteiger partial charge in [-0.3, -0.25) is 0 Å². The summed E-state index contributed by atoms with van der Waals surface area (Å²) in [6.45, 7) is 0. The van der Waals surface area contributed by atoms with Gasteiger partial charge in [0.15, 0.2) is 0 Å². The fourth-order valence-corrected chi connectivity index (χ4v) is 3.81. The van der Waals surface area contributed by atoms with Crippen LogP contribution in [0.2, 0.25) is 0 Å². The minimum Gasteiger partial charge on any atom is -0.309 e. The van der Waals surface area contributed by atoms with E-state index in [1.165, 1.54) is 16.8 Å². The first kappa shape index (κ1) is 16.7. The number of nitriles is 2. The number of pyridine rings is 1. The molecular weight excluding hydrogens is 356 g/mol. The first-order valence-corrected chi connectivity index (χ1v) is 9.20. The zero-order valence-corrected chi connectivity index (χ0v) is 15.4. The number of nitrogens with zero attached hydrogens (tertiary/aromatic N) is 4. The van der Waals surface area contributed by atoms with Crippen molar-refractivity contribution in [1.29, 1.82) is 10.5 Å². The normalized spacial score (nSPS) is 10.7. The van der Waals surface area contributed by atoms with Gasteiger partial charge in [0.05, 0.1) is 28.4 Å². The summed E-state index contributed by atoms with van der Waals surface area (Å²) in [5.74, 6) is 0. The molecule has 0 amide bonds. The van der Waals surface area contributed by atoms with Crippen LogP contribution in [0.15, 0.2) is 84.9 Å². The maximum Gasteiger partial charge on any atom is 0.142 e. The van der Waals surface area contributed by atoms with Gasteiger partial charge in [0.2, 0.25) is 0 Å². The number of para-hydroxylation sites is 2. The second kappa shape index (κ2) is 6.64. The zero-order valence-electron chi connectivity index (χ0n) is 15.4. The molecule has 5 aromatic rings. The average Bonchev–Trinajstić information content (AvgIpc) is 3.13. The Balaban J connectivity index is 1.77. The number of benzene rings is 3. The van der Waals surface area contributed by atoms with Gasteiger partial charge in [0.1, 0.15) is 11.8 Å². The summed E-state index contributed by atoms with van der Waals surface area (Å²) in [4.78, 5) is 4.40. The van der Waals surface area contributed by atoms with E-state index >= 15 is 0 Å². The van der Waals surface area contributed by atoms with E-state index in [-0.39, 0.29) is 5.69 Å². The van der Waals surface area contributed by atoms with Gasteiger partial charge in [-0.05, 0) is 36.4 Å². The maximum atomic E-state index is 9.28. The number of fused-ring (bicyclic) bond motifs is 3. The molecule has 0 N–H and O–H groups in total. The van der Waals surface area contributed by atoms with Gasteiger partial charge in [0.25, 0.3) is 0 Å². The minimum atomic E-state index is 0.237. The van der Waals surface area contributed by atoms with Crippen LogP contribution in [0.25, 0.3) is 38.8 Å². The molecule has 0 fully saturated rings. The van der Waals surface area contributed by atoms with Crippen molar-refractivity contribution in [2.45, 2.75) is 0 Å². The summed E-state index contributed by atoms with van der Waals surface area (Å²) in [5, 5.41) is 20.9. The van der Waals surface area contributed by atoms with Gasteiger partial charge in [-0.1, -0.05) is 48.5 Å². The van der Waals surface area contributed by atoms with Crippen molar-refractivity contribution in [1.82, 2.24) is 9.55 Å². The monoisotopic (exact) mass is 370 g/mol. The SMILES string of the molecule is N#Cc1cc(C#N)nc(-c2cccc(-n3c4ccccc4c4ccccc43)c2)c1. The molecule has 0 atom stereocenters. The van der Waals surface area contributed by atoms with E-state index in [0.717, 1.165) is 22.3 Å². The van der Waals surface area contributed by atoms with E-state index in [1.807, 2.05) is 36.4 Å². The van der Waals surface area contributed by atoms with Crippen LogP contribution >= 0.6 is 0 Å². The third-order valence-electron chi connectivity index (χ3n) is 5.05. The van der Waals surface area contributed by atoms with E-state index in [9.17, 15) is 10.5 Å². The Morgan fingerprint density at radius 1 is 0.690 bits per heavy atom. The molecule has 0 radical (unpaired) electrons. The molecule has 3 aromatic carbocycles. The summed E-state index contributed by atoms with van der Waals surface area (Å²) in [6, 6.07) is 32.1. The molecule has 4 heteroatoms.